The zero-order valence-electron chi connectivity index (χ0n) is 11.3. The number of carbonyl (C=O) groups is 2. The fourth-order valence-electron chi connectivity index (χ4n) is 2.01. The van der Waals surface area contributed by atoms with Crippen LogP contribution in [0.1, 0.15) is 30.7 Å². The van der Waals surface area contributed by atoms with E-state index in [9.17, 15) is 14.7 Å². The molecule has 0 radical (unpaired) electrons. The van der Waals surface area contributed by atoms with Crippen LogP contribution < -0.4 is 10.6 Å². The first kappa shape index (κ1) is 14.5. The van der Waals surface area contributed by atoms with Crippen LogP contribution in [0.4, 0.5) is 0 Å². The van der Waals surface area contributed by atoms with Gasteiger partial charge in [0.2, 0.25) is 5.91 Å². The first-order valence-electron chi connectivity index (χ1n) is 6.94. The highest BCUT2D eigenvalue weighted by atomic mass is 16.4. The second kappa shape index (κ2) is 7.05. The summed E-state index contributed by atoms with van der Waals surface area (Å²) in [6.45, 7) is 0.825. The van der Waals surface area contributed by atoms with Crippen molar-refractivity contribution < 1.29 is 14.7 Å². The second-order valence-electron chi connectivity index (χ2n) is 5.10. The Morgan fingerprint density at radius 2 is 1.95 bits per heavy atom. The van der Waals surface area contributed by atoms with Crippen molar-refractivity contribution in [1.29, 1.82) is 0 Å². The van der Waals surface area contributed by atoms with Gasteiger partial charge in [-0.2, -0.15) is 0 Å². The van der Waals surface area contributed by atoms with Crippen molar-refractivity contribution in [2.45, 2.75) is 31.2 Å². The van der Waals surface area contributed by atoms with E-state index in [0.29, 0.717) is 25.6 Å². The minimum atomic E-state index is -0.855. The van der Waals surface area contributed by atoms with Crippen molar-refractivity contribution in [2.75, 3.05) is 13.1 Å². The number of benzene rings is 1. The van der Waals surface area contributed by atoms with Gasteiger partial charge in [0.1, 0.15) is 0 Å². The lowest BCUT2D eigenvalue weighted by Crippen LogP contribution is -2.32. The number of hydrogen-bond donors (Lipinski definition) is 3. The van der Waals surface area contributed by atoms with Crippen LogP contribution in [0.5, 0.6) is 0 Å². The Labute approximate surface area is 118 Å². The van der Waals surface area contributed by atoms with E-state index < -0.39 is 11.9 Å². The van der Waals surface area contributed by atoms with Gasteiger partial charge in [0.05, 0.1) is 5.92 Å². The first-order chi connectivity index (χ1) is 9.66. The molecule has 108 valence electrons. The summed E-state index contributed by atoms with van der Waals surface area (Å²) in [6, 6.07) is 9.50. The minimum Gasteiger partial charge on any atom is -0.481 e. The average molecular weight is 276 g/mol. The van der Waals surface area contributed by atoms with Crippen LogP contribution in [0.2, 0.25) is 0 Å². The van der Waals surface area contributed by atoms with E-state index in [2.05, 4.69) is 10.6 Å². The van der Waals surface area contributed by atoms with Gasteiger partial charge in [0, 0.05) is 25.6 Å². The summed E-state index contributed by atoms with van der Waals surface area (Å²) in [4.78, 5) is 22.7. The molecule has 0 heterocycles. The number of aliphatic carboxylic acids is 1. The zero-order valence-corrected chi connectivity index (χ0v) is 11.3. The highest BCUT2D eigenvalue weighted by molar-refractivity contribution is 5.77. The largest absolute Gasteiger partial charge is 0.481 e. The summed E-state index contributed by atoms with van der Waals surface area (Å²) < 4.78 is 0. The molecular formula is C15H20N2O3. The molecule has 0 aliphatic heterocycles. The normalized spacial score (nSPS) is 15.6. The van der Waals surface area contributed by atoms with Crippen LogP contribution in [0, 0.1) is 0 Å². The van der Waals surface area contributed by atoms with Crippen LogP contribution in [0.15, 0.2) is 30.3 Å². The van der Waals surface area contributed by atoms with Gasteiger partial charge in [-0.1, -0.05) is 30.3 Å². The van der Waals surface area contributed by atoms with Crippen LogP contribution >= 0.6 is 0 Å². The van der Waals surface area contributed by atoms with Gasteiger partial charge in [-0.15, -0.1) is 0 Å². The highest BCUT2D eigenvalue weighted by Gasteiger charge is 2.23. The average Bonchev–Trinajstić information content (AvgIpc) is 3.23. The Morgan fingerprint density at radius 3 is 2.55 bits per heavy atom. The molecule has 1 fully saturated rings. The molecule has 5 heteroatoms. The third-order valence-electron chi connectivity index (χ3n) is 3.32. The van der Waals surface area contributed by atoms with Gasteiger partial charge in [-0.05, 0) is 18.4 Å². The van der Waals surface area contributed by atoms with E-state index in [-0.39, 0.29) is 5.91 Å². The molecule has 2 rings (SSSR count). The third kappa shape index (κ3) is 4.66. The molecular weight excluding hydrogens is 256 g/mol. The maximum Gasteiger partial charge on any atom is 0.312 e. The fraction of sp³-hybridized carbons (Fsp3) is 0.467. The summed E-state index contributed by atoms with van der Waals surface area (Å²) >= 11 is 0. The minimum absolute atomic E-state index is 0.0339. The Morgan fingerprint density at radius 1 is 1.25 bits per heavy atom. The van der Waals surface area contributed by atoms with E-state index in [4.69, 9.17) is 0 Å². The molecule has 1 unspecified atom stereocenters. The number of rotatable bonds is 8. The van der Waals surface area contributed by atoms with E-state index in [1.54, 1.807) is 12.1 Å². The van der Waals surface area contributed by atoms with Gasteiger partial charge in [-0.3, -0.25) is 9.59 Å². The molecule has 3 N–H and O–H groups in total. The van der Waals surface area contributed by atoms with Crippen molar-refractivity contribution >= 4 is 11.9 Å². The van der Waals surface area contributed by atoms with Crippen LogP contribution in [-0.2, 0) is 9.59 Å². The van der Waals surface area contributed by atoms with Gasteiger partial charge < -0.3 is 15.7 Å². The molecule has 1 aliphatic rings. The van der Waals surface area contributed by atoms with E-state index in [1.165, 1.54) is 0 Å². The number of amides is 1. The number of hydrogen-bond acceptors (Lipinski definition) is 3. The Balaban J connectivity index is 1.72. The highest BCUT2D eigenvalue weighted by Crippen LogP contribution is 2.18. The van der Waals surface area contributed by atoms with Gasteiger partial charge >= 0.3 is 5.97 Å². The molecule has 1 amide bonds. The molecule has 5 nitrogen and oxygen atoms in total. The molecule has 1 saturated carbocycles. The summed E-state index contributed by atoms with van der Waals surface area (Å²) in [5.74, 6) is -1.40. The predicted octanol–water partition coefficient (Wildman–Crippen LogP) is 1.11. The molecule has 1 atom stereocenters. The number of carboxylic acid groups (broad SMARTS) is 1. The lowest BCUT2D eigenvalue weighted by molar-refractivity contribution is -0.138. The number of carbonyl (C=O) groups excluding carboxylic acids is 1. The standard InChI is InChI=1S/C15H20N2O3/c18-14(17-12-6-7-12)8-9-16-10-13(15(19)20)11-4-2-1-3-5-11/h1-5,12-13,16H,6-10H2,(H,17,18)(H,19,20). The van der Waals surface area contributed by atoms with E-state index >= 15 is 0 Å². The molecule has 0 spiro atoms. The Kier molecular flexibility index (Phi) is 5.12. The van der Waals surface area contributed by atoms with Gasteiger partial charge in [0.25, 0.3) is 0 Å². The van der Waals surface area contributed by atoms with Crippen molar-refractivity contribution in [3.8, 4) is 0 Å². The summed E-state index contributed by atoms with van der Waals surface area (Å²) in [6.07, 6.45) is 2.54. The lowest BCUT2D eigenvalue weighted by atomic mass is 9.99. The molecule has 1 aliphatic carbocycles. The Hall–Kier alpha value is -1.88. The van der Waals surface area contributed by atoms with Gasteiger partial charge in [-0.25, -0.2) is 0 Å². The topological polar surface area (TPSA) is 78.4 Å². The van der Waals surface area contributed by atoms with Crippen LogP contribution in [0.25, 0.3) is 0 Å². The maximum atomic E-state index is 11.5. The molecule has 0 saturated heterocycles. The summed E-state index contributed by atoms with van der Waals surface area (Å²) in [7, 11) is 0. The van der Waals surface area contributed by atoms with Crippen molar-refractivity contribution in [3.63, 3.8) is 0 Å². The predicted molar refractivity (Wildman–Crippen MR) is 75.5 cm³/mol. The van der Waals surface area contributed by atoms with E-state index in [1.807, 2.05) is 18.2 Å². The lowest BCUT2D eigenvalue weighted by Gasteiger charge is -2.13. The fourth-order valence-corrected chi connectivity index (χ4v) is 2.01. The molecule has 0 bridgehead atoms. The smallest absolute Gasteiger partial charge is 0.312 e. The van der Waals surface area contributed by atoms with Crippen molar-refractivity contribution in [1.82, 2.24) is 10.6 Å². The zero-order chi connectivity index (χ0) is 14.4. The number of carboxylic acids is 1. The molecule has 20 heavy (non-hydrogen) atoms. The molecule has 0 aromatic heterocycles. The summed E-state index contributed by atoms with van der Waals surface area (Å²) in [5, 5.41) is 15.2. The van der Waals surface area contributed by atoms with Crippen molar-refractivity contribution in [2.24, 2.45) is 0 Å². The summed E-state index contributed by atoms with van der Waals surface area (Å²) in [5.41, 5.74) is 0.773. The van der Waals surface area contributed by atoms with Crippen LogP contribution in [-0.4, -0.2) is 36.1 Å². The SMILES string of the molecule is O=C(CCNCC(C(=O)O)c1ccccc1)NC1CC1. The second-order valence-corrected chi connectivity index (χ2v) is 5.10. The maximum absolute atomic E-state index is 11.5. The third-order valence-corrected chi connectivity index (χ3v) is 3.32. The van der Waals surface area contributed by atoms with E-state index in [0.717, 1.165) is 18.4 Å². The number of nitrogens with one attached hydrogen (secondary N) is 2. The Bertz CT molecular complexity index is 457. The quantitative estimate of drug-likeness (QED) is 0.622. The molecule has 1 aromatic carbocycles. The first-order valence-corrected chi connectivity index (χ1v) is 6.94. The molecule has 1 aromatic rings. The van der Waals surface area contributed by atoms with Crippen LogP contribution in [0.3, 0.4) is 0 Å². The van der Waals surface area contributed by atoms with Gasteiger partial charge in [0.15, 0.2) is 0 Å². The monoisotopic (exact) mass is 276 g/mol. The van der Waals surface area contributed by atoms with Crippen molar-refractivity contribution in [3.05, 3.63) is 35.9 Å².